The summed E-state index contributed by atoms with van der Waals surface area (Å²) in [6, 6.07) is 10.8. The fourth-order valence-electron chi connectivity index (χ4n) is 1.81. The van der Waals surface area contributed by atoms with E-state index in [-0.39, 0.29) is 0 Å². The maximum Gasteiger partial charge on any atom is 0.0576 e. The molecule has 0 spiro atoms. The third-order valence-corrected chi connectivity index (χ3v) is 2.78. The Morgan fingerprint density at radius 2 is 2.06 bits per heavy atom. The van der Waals surface area contributed by atoms with E-state index >= 15 is 0 Å². The van der Waals surface area contributed by atoms with Crippen LogP contribution in [0.5, 0.6) is 0 Å². The molecule has 0 saturated carbocycles. The molecular weight excluding hydrogens is 196 g/mol. The minimum Gasteiger partial charge on any atom is -0.329 e. The van der Waals surface area contributed by atoms with Gasteiger partial charge in [-0.15, -0.1) is 6.42 Å². The van der Waals surface area contributed by atoms with Crippen molar-refractivity contribution < 1.29 is 0 Å². The molecule has 1 aromatic rings. The number of benzene rings is 1. The van der Waals surface area contributed by atoms with Gasteiger partial charge in [0, 0.05) is 12.6 Å². The predicted octanol–water partition coefficient (Wildman–Crippen LogP) is 1.73. The Kier molecular flexibility index (Phi) is 5.63. The average molecular weight is 216 g/mol. The van der Waals surface area contributed by atoms with Gasteiger partial charge in [-0.25, -0.2) is 0 Å². The van der Waals surface area contributed by atoms with Crippen molar-refractivity contribution in [2.45, 2.75) is 25.3 Å². The first kappa shape index (κ1) is 12.8. The zero-order valence-electron chi connectivity index (χ0n) is 9.82. The van der Waals surface area contributed by atoms with Gasteiger partial charge in [0.15, 0.2) is 0 Å². The molecule has 2 heteroatoms. The van der Waals surface area contributed by atoms with Crippen molar-refractivity contribution in [2.75, 3.05) is 13.1 Å². The van der Waals surface area contributed by atoms with E-state index in [0.717, 1.165) is 6.42 Å². The number of nitrogens with one attached hydrogen (secondary N) is 1. The topological polar surface area (TPSA) is 38.0 Å². The molecule has 2 nitrogen and oxygen atoms in total. The molecule has 0 fully saturated rings. The highest BCUT2D eigenvalue weighted by atomic mass is 14.9. The van der Waals surface area contributed by atoms with Crippen molar-refractivity contribution in [3.8, 4) is 12.3 Å². The summed E-state index contributed by atoms with van der Waals surface area (Å²) in [5.41, 5.74) is 7.06. The minimum atomic E-state index is 0.297. The first-order chi connectivity index (χ1) is 7.77. The molecule has 0 aliphatic heterocycles. The van der Waals surface area contributed by atoms with Gasteiger partial charge in [-0.3, -0.25) is 0 Å². The molecular formula is C14H20N2. The lowest BCUT2D eigenvalue weighted by Crippen LogP contribution is -2.37. The number of hydrogen-bond donors (Lipinski definition) is 2. The third-order valence-electron chi connectivity index (χ3n) is 2.78. The average Bonchev–Trinajstić information content (AvgIpc) is 2.35. The Balaban J connectivity index is 2.49. The Morgan fingerprint density at radius 3 is 2.62 bits per heavy atom. The molecule has 0 saturated heterocycles. The van der Waals surface area contributed by atoms with E-state index in [1.807, 2.05) is 6.07 Å². The second-order valence-electron chi connectivity index (χ2n) is 4.07. The van der Waals surface area contributed by atoms with Gasteiger partial charge in [0.1, 0.15) is 0 Å². The molecule has 1 aromatic carbocycles. The summed E-state index contributed by atoms with van der Waals surface area (Å²) in [4.78, 5) is 0. The maximum atomic E-state index is 5.71. The fourth-order valence-corrected chi connectivity index (χ4v) is 1.81. The molecule has 0 amide bonds. The van der Waals surface area contributed by atoms with Crippen molar-refractivity contribution in [1.29, 1.82) is 0 Å². The van der Waals surface area contributed by atoms with Crippen LogP contribution in [0, 0.1) is 12.3 Å². The standard InChI is InChI=1S/C14H20N2/c1-3-9-16-14(11-15)10-12(2)13-7-5-4-6-8-13/h1,4-8,12,14,16H,9-11,15H2,2H3. The summed E-state index contributed by atoms with van der Waals surface area (Å²) in [5.74, 6) is 3.08. The fraction of sp³-hybridized carbons (Fsp3) is 0.429. The van der Waals surface area contributed by atoms with Gasteiger partial charge in [0.25, 0.3) is 0 Å². The van der Waals surface area contributed by atoms with Crippen LogP contribution in [0.3, 0.4) is 0 Å². The van der Waals surface area contributed by atoms with E-state index in [4.69, 9.17) is 12.2 Å². The van der Waals surface area contributed by atoms with Crippen molar-refractivity contribution >= 4 is 0 Å². The molecule has 86 valence electrons. The van der Waals surface area contributed by atoms with E-state index in [0.29, 0.717) is 25.0 Å². The number of hydrogen-bond acceptors (Lipinski definition) is 2. The van der Waals surface area contributed by atoms with Crippen LogP contribution in [0.2, 0.25) is 0 Å². The lowest BCUT2D eigenvalue weighted by Gasteiger charge is -2.20. The zero-order valence-corrected chi connectivity index (χ0v) is 9.82. The summed E-state index contributed by atoms with van der Waals surface area (Å²) in [6.07, 6.45) is 6.24. The van der Waals surface area contributed by atoms with E-state index in [9.17, 15) is 0 Å². The van der Waals surface area contributed by atoms with Crippen LogP contribution in [0.4, 0.5) is 0 Å². The summed E-state index contributed by atoms with van der Waals surface area (Å²) >= 11 is 0. The van der Waals surface area contributed by atoms with E-state index in [1.165, 1.54) is 5.56 Å². The largest absolute Gasteiger partial charge is 0.329 e. The highest BCUT2D eigenvalue weighted by Crippen LogP contribution is 2.19. The van der Waals surface area contributed by atoms with Crippen LogP contribution < -0.4 is 11.1 Å². The van der Waals surface area contributed by atoms with Crippen molar-refractivity contribution in [2.24, 2.45) is 5.73 Å². The summed E-state index contributed by atoms with van der Waals surface area (Å²) in [5, 5.41) is 3.26. The second kappa shape index (κ2) is 7.05. The summed E-state index contributed by atoms with van der Waals surface area (Å²) < 4.78 is 0. The maximum absolute atomic E-state index is 5.71. The van der Waals surface area contributed by atoms with Crippen molar-refractivity contribution in [3.05, 3.63) is 35.9 Å². The molecule has 0 heterocycles. The Hall–Kier alpha value is -1.30. The molecule has 16 heavy (non-hydrogen) atoms. The first-order valence-electron chi connectivity index (χ1n) is 5.69. The first-order valence-corrected chi connectivity index (χ1v) is 5.69. The molecule has 2 atom stereocenters. The van der Waals surface area contributed by atoms with Gasteiger partial charge in [0.2, 0.25) is 0 Å². The van der Waals surface area contributed by atoms with Crippen LogP contribution in [-0.4, -0.2) is 19.1 Å². The molecule has 0 aromatic heterocycles. The SMILES string of the molecule is C#CCNC(CN)CC(C)c1ccccc1. The van der Waals surface area contributed by atoms with E-state index in [2.05, 4.69) is 42.4 Å². The Labute approximate surface area is 98.2 Å². The molecule has 1 rings (SSSR count). The quantitative estimate of drug-likeness (QED) is 0.711. The highest BCUT2D eigenvalue weighted by Gasteiger charge is 2.12. The number of rotatable bonds is 6. The van der Waals surface area contributed by atoms with Crippen LogP contribution in [-0.2, 0) is 0 Å². The van der Waals surface area contributed by atoms with Gasteiger partial charge in [-0.1, -0.05) is 43.2 Å². The second-order valence-corrected chi connectivity index (χ2v) is 4.07. The molecule has 2 unspecified atom stereocenters. The molecule has 0 radical (unpaired) electrons. The van der Waals surface area contributed by atoms with Crippen molar-refractivity contribution in [1.82, 2.24) is 5.32 Å². The van der Waals surface area contributed by atoms with Crippen LogP contribution in [0.15, 0.2) is 30.3 Å². The summed E-state index contributed by atoms with van der Waals surface area (Å²) in [6.45, 7) is 3.43. The van der Waals surface area contributed by atoms with Crippen LogP contribution >= 0.6 is 0 Å². The minimum absolute atomic E-state index is 0.297. The normalized spacial score (nSPS) is 14.1. The Bertz CT molecular complexity index is 326. The lowest BCUT2D eigenvalue weighted by molar-refractivity contribution is 0.478. The van der Waals surface area contributed by atoms with Gasteiger partial charge in [-0.2, -0.15) is 0 Å². The molecule has 0 aliphatic carbocycles. The van der Waals surface area contributed by atoms with Crippen LogP contribution in [0.1, 0.15) is 24.8 Å². The monoisotopic (exact) mass is 216 g/mol. The van der Waals surface area contributed by atoms with Crippen LogP contribution in [0.25, 0.3) is 0 Å². The third kappa shape index (κ3) is 4.06. The van der Waals surface area contributed by atoms with Crippen molar-refractivity contribution in [3.63, 3.8) is 0 Å². The zero-order chi connectivity index (χ0) is 11.8. The molecule has 3 N–H and O–H groups in total. The predicted molar refractivity (Wildman–Crippen MR) is 69.2 cm³/mol. The molecule has 0 bridgehead atoms. The van der Waals surface area contributed by atoms with Gasteiger partial charge < -0.3 is 11.1 Å². The van der Waals surface area contributed by atoms with Gasteiger partial charge >= 0.3 is 0 Å². The smallest absolute Gasteiger partial charge is 0.0576 e. The highest BCUT2D eigenvalue weighted by molar-refractivity contribution is 5.18. The summed E-state index contributed by atoms with van der Waals surface area (Å²) in [7, 11) is 0. The van der Waals surface area contributed by atoms with E-state index < -0.39 is 0 Å². The Morgan fingerprint density at radius 1 is 1.38 bits per heavy atom. The molecule has 0 aliphatic rings. The lowest BCUT2D eigenvalue weighted by atomic mass is 9.94. The van der Waals surface area contributed by atoms with E-state index in [1.54, 1.807) is 0 Å². The van der Waals surface area contributed by atoms with Gasteiger partial charge in [-0.05, 0) is 17.9 Å². The number of terminal acetylenes is 1. The van der Waals surface area contributed by atoms with Gasteiger partial charge in [0.05, 0.1) is 6.54 Å². The number of nitrogens with two attached hydrogens (primary N) is 1.